The van der Waals surface area contributed by atoms with Crippen molar-refractivity contribution in [1.29, 1.82) is 0 Å². The van der Waals surface area contributed by atoms with E-state index in [1.807, 2.05) is 0 Å². The van der Waals surface area contributed by atoms with Gasteiger partial charge in [-0.3, -0.25) is 4.79 Å². The molecule has 0 fully saturated rings. The first-order valence-electron chi connectivity index (χ1n) is 8.81. The van der Waals surface area contributed by atoms with Crippen molar-refractivity contribution in [3.05, 3.63) is 46.3 Å². The third kappa shape index (κ3) is 4.39. The number of esters is 1. The number of nitrogens with one attached hydrogen (secondary N) is 1. The van der Waals surface area contributed by atoms with Crippen molar-refractivity contribution in [2.75, 3.05) is 17.7 Å². The van der Waals surface area contributed by atoms with Gasteiger partial charge < -0.3 is 10.1 Å². The second-order valence-corrected chi connectivity index (χ2v) is 9.43. The molecule has 0 saturated heterocycles. The smallest absolute Gasteiger partial charge is 0.341 e. The second kappa shape index (κ2) is 8.22. The Hall–Kier alpha value is -2.19. The van der Waals surface area contributed by atoms with Crippen LogP contribution in [-0.2, 0) is 32.2 Å². The SMILES string of the molecule is CCOC(=O)c1c(NC(=O)CCS(=O)(=O)c2ccccc2)sc2c1CCC2. The van der Waals surface area contributed by atoms with Crippen LogP contribution < -0.4 is 5.32 Å². The molecule has 1 aromatic heterocycles. The van der Waals surface area contributed by atoms with E-state index in [9.17, 15) is 18.0 Å². The van der Waals surface area contributed by atoms with Crippen molar-refractivity contribution in [3.63, 3.8) is 0 Å². The number of amides is 1. The van der Waals surface area contributed by atoms with Crippen LogP contribution >= 0.6 is 11.3 Å². The normalized spacial score (nSPS) is 13.2. The number of carbonyl (C=O) groups is 2. The van der Waals surface area contributed by atoms with Crippen molar-refractivity contribution >= 4 is 38.1 Å². The van der Waals surface area contributed by atoms with E-state index in [0.29, 0.717) is 10.6 Å². The van der Waals surface area contributed by atoms with Gasteiger partial charge in [-0.1, -0.05) is 18.2 Å². The monoisotopic (exact) mass is 407 g/mol. The van der Waals surface area contributed by atoms with Crippen molar-refractivity contribution < 1.29 is 22.7 Å². The van der Waals surface area contributed by atoms with Gasteiger partial charge in [0.25, 0.3) is 0 Å². The molecule has 0 saturated carbocycles. The van der Waals surface area contributed by atoms with E-state index in [-0.39, 0.29) is 23.7 Å². The Morgan fingerprint density at radius 3 is 2.63 bits per heavy atom. The fourth-order valence-corrected chi connectivity index (χ4v) is 5.63. The molecule has 3 rings (SSSR count). The fraction of sp³-hybridized carbons (Fsp3) is 0.368. The average molecular weight is 408 g/mol. The maximum Gasteiger partial charge on any atom is 0.341 e. The Morgan fingerprint density at radius 2 is 1.93 bits per heavy atom. The number of fused-ring (bicyclic) bond motifs is 1. The van der Waals surface area contributed by atoms with Crippen LogP contribution in [0.5, 0.6) is 0 Å². The predicted octanol–water partition coefficient (Wildman–Crippen LogP) is 3.22. The lowest BCUT2D eigenvalue weighted by atomic mass is 10.1. The maximum absolute atomic E-state index is 12.3. The summed E-state index contributed by atoms with van der Waals surface area (Å²) >= 11 is 1.38. The molecule has 1 amide bonds. The minimum Gasteiger partial charge on any atom is -0.462 e. The molecule has 8 heteroatoms. The molecule has 1 N–H and O–H groups in total. The van der Waals surface area contributed by atoms with Crippen LogP contribution in [0.25, 0.3) is 0 Å². The molecule has 27 heavy (non-hydrogen) atoms. The fourth-order valence-electron chi connectivity index (χ4n) is 3.07. The van der Waals surface area contributed by atoms with E-state index in [0.717, 1.165) is 29.7 Å². The highest BCUT2D eigenvalue weighted by Gasteiger charge is 2.28. The summed E-state index contributed by atoms with van der Waals surface area (Å²) in [6, 6.07) is 8.04. The summed E-state index contributed by atoms with van der Waals surface area (Å²) in [7, 11) is -3.53. The highest BCUT2D eigenvalue weighted by Crippen LogP contribution is 2.39. The van der Waals surface area contributed by atoms with Crippen molar-refractivity contribution in [1.82, 2.24) is 0 Å². The maximum atomic E-state index is 12.3. The summed E-state index contributed by atoms with van der Waals surface area (Å²) in [5.41, 5.74) is 1.37. The van der Waals surface area contributed by atoms with Gasteiger partial charge in [0.15, 0.2) is 9.84 Å². The van der Waals surface area contributed by atoms with E-state index >= 15 is 0 Å². The zero-order valence-electron chi connectivity index (χ0n) is 15.0. The summed E-state index contributed by atoms with van der Waals surface area (Å²) in [6.45, 7) is 1.99. The summed E-state index contributed by atoms with van der Waals surface area (Å²) in [5.74, 6) is -1.16. The molecule has 1 aliphatic rings. The Kier molecular flexibility index (Phi) is 5.96. The molecule has 1 heterocycles. The van der Waals surface area contributed by atoms with Gasteiger partial charge in [-0.25, -0.2) is 13.2 Å². The van der Waals surface area contributed by atoms with Crippen LogP contribution in [0.1, 0.15) is 40.6 Å². The first-order chi connectivity index (χ1) is 12.9. The second-order valence-electron chi connectivity index (χ2n) is 6.21. The van der Waals surface area contributed by atoms with Gasteiger partial charge in [0.05, 0.1) is 22.8 Å². The lowest BCUT2D eigenvalue weighted by Gasteiger charge is -2.08. The molecule has 0 radical (unpaired) electrons. The Labute approximate surface area is 162 Å². The predicted molar refractivity (Wildman–Crippen MR) is 104 cm³/mol. The van der Waals surface area contributed by atoms with Crippen molar-refractivity contribution in [2.24, 2.45) is 0 Å². The summed E-state index contributed by atoms with van der Waals surface area (Å²) in [4.78, 5) is 25.9. The molecule has 0 unspecified atom stereocenters. The number of anilines is 1. The third-order valence-corrected chi connectivity index (χ3v) is 7.29. The molecular formula is C19H21NO5S2. The molecule has 0 atom stereocenters. The summed E-state index contributed by atoms with van der Waals surface area (Å²) in [6.07, 6.45) is 2.47. The molecule has 1 aromatic carbocycles. The summed E-state index contributed by atoms with van der Waals surface area (Å²) in [5, 5.41) is 3.18. The minimum absolute atomic E-state index is 0.179. The molecule has 6 nitrogen and oxygen atoms in total. The zero-order chi connectivity index (χ0) is 19.4. The molecular weight excluding hydrogens is 386 g/mol. The lowest BCUT2D eigenvalue weighted by Crippen LogP contribution is -2.18. The number of hydrogen-bond acceptors (Lipinski definition) is 6. The van der Waals surface area contributed by atoms with E-state index in [2.05, 4.69) is 5.32 Å². The number of carbonyl (C=O) groups excluding carboxylic acids is 2. The third-order valence-electron chi connectivity index (χ3n) is 4.35. The highest BCUT2D eigenvalue weighted by atomic mass is 32.2. The Morgan fingerprint density at radius 1 is 1.19 bits per heavy atom. The van der Waals surface area contributed by atoms with Gasteiger partial charge in [0, 0.05) is 11.3 Å². The number of thiophene rings is 1. The van der Waals surface area contributed by atoms with Gasteiger partial charge in [0.2, 0.25) is 5.91 Å². The largest absolute Gasteiger partial charge is 0.462 e. The summed E-state index contributed by atoms with van der Waals surface area (Å²) < 4.78 is 29.7. The van der Waals surface area contributed by atoms with E-state index < -0.39 is 21.7 Å². The molecule has 1 aliphatic carbocycles. The Balaban J connectivity index is 1.71. The van der Waals surface area contributed by atoms with Crippen molar-refractivity contribution in [2.45, 2.75) is 37.5 Å². The van der Waals surface area contributed by atoms with E-state index in [1.165, 1.54) is 23.5 Å². The number of ether oxygens (including phenoxy) is 1. The van der Waals surface area contributed by atoms with E-state index in [1.54, 1.807) is 25.1 Å². The first-order valence-corrected chi connectivity index (χ1v) is 11.3. The molecule has 0 bridgehead atoms. The van der Waals surface area contributed by atoms with Gasteiger partial charge in [-0.05, 0) is 43.9 Å². The molecule has 144 valence electrons. The van der Waals surface area contributed by atoms with Crippen molar-refractivity contribution in [3.8, 4) is 0 Å². The highest BCUT2D eigenvalue weighted by molar-refractivity contribution is 7.91. The topological polar surface area (TPSA) is 89.5 Å². The van der Waals surface area contributed by atoms with Crippen LogP contribution in [-0.4, -0.2) is 32.7 Å². The standard InChI is InChI=1S/C19H21NO5S2/c1-2-25-19(22)17-14-9-6-10-15(14)26-18(17)20-16(21)11-12-27(23,24)13-7-4-3-5-8-13/h3-5,7-8H,2,6,9-12H2,1H3,(H,20,21). The van der Waals surface area contributed by atoms with Crippen LogP contribution in [0.4, 0.5) is 5.00 Å². The van der Waals surface area contributed by atoms with Gasteiger partial charge in [0.1, 0.15) is 5.00 Å². The van der Waals surface area contributed by atoms with E-state index in [4.69, 9.17) is 4.74 Å². The quantitative estimate of drug-likeness (QED) is 0.712. The van der Waals surface area contributed by atoms with Gasteiger partial charge in [-0.15, -0.1) is 11.3 Å². The molecule has 0 aliphatic heterocycles. The lowest BCUT2D eigenvalue weighted by molar-refractivity contribution is -0.115. The number of aryl methyl sites for hydroxylation is 1. The average Bonchev–Trinajstić information content (AvgIpc) is 3.21. The van der Waals surface area contributed by atoms with Crippen LogP contribution in [0.3, 0.4) is 0 Å². The zero-order valence-corrected chi connectivity index (χ0v) is 16.6. The van der Waals surface area contributed by atoms with Crippen LogP contribution in [0.15, 0.2) is 35.2 Å². The molecule has 0 spiro atoms. The Bertz CT molecular complexity index is 948. The number of sulfone groups is 1. The number of rotatable bonds is 7. The van der Waals surface area contributed by atoms with Crippen LogP contribution in [0, 0.1) is 0 Å². The minimum atomic E-state index is -3.53. The first kappa shape index (κ1) is 19.6. The van der Waals surface area contributed by atoms with Gasteiger partial charge >= 0.3 is 5.97 Å². The van der Waals surface area contributed by atoms with Gasteiger partial charge in [-0.2, -0.15) is 0 Å². The number of hydrogen-bond donors (Lipinski definition) is 1. The number of benzene rings is 1. The van der Waals surface area contributed by atoms with Crippen LogP contribution in [0.2, 0.25) is 0 Å². The molecule has 2 aromatic rings.